The maximum Gasteiger partial charge on any atom is 0.422 e. The molecule has 0 bridgehead atoms. The summed E-state index contributed by atoms with van der Waals surface area (Å²) in [5.74, 6) is 0.314. The van der Waals surface area contributed by atoms with E-state index in [0.717, 1.165) is 29.8 Å². The van der Waals surface area contributed by atoms with Crippen molar-refractivity contribution >= 4 is 5.69 Å². The van der Waals surface area contributed by atoms with Crippen LogP contribution in [0.4, 0.5) is 18.9 Å². The predicted molar refractivity (Wildman–Crippen MR) is 128 cm³/mol. The minimum atomic E-state index is -4.42. The third-order valence-electron chi connectivity index (χ3n) is 5.79. The third kappa shape index (κ3) is 7.99. The molecule has 194 valence electrons. The van der Waals surface area contributed by atoms with Gasteiger partial charge in [0.15, 0.2) is 18.1 Å². The molecule has 2 atom stereocenters. The van der Waals surface area contributed by atoms with Crippen LogP contribution in [0.2, 0.25) is 0 Å². The second-order valence-electron chi connectivity index (χ2n) is 8.71. The van der Waals surface area contributed by atoms with E-state index in [0.29, 0.717) is 31.5 Å². The second kappa shape index (κ2) is 12.4. The van der Waals surface area contributed by atoms with Crippen molar-refractivity contribution in [1.82, 2.24) is 5.32 Å². The summed E-state index contributed by atoms with van der Waals surface area (Å²) in [7, 11) is 0. The van der Waals surface area contributed by atoms with Crippen LogP contribution in [0.25, 0.3) is 0 Å². The van der Waals surface area contributed by atoms with Gasteiger partial charge in [-0.25, -0.2) is 0 Å². The normalized spacial score (nSPS) is 15.1. The lowest BCUT2D eigenvalue weighted by molar-refractivity contribution is -0.153. The molecule has 0 radical (unpaired) electrons. The first kappa shape index (κ1) is 27.1. The van der Waals surface area contributed by atoms with Gasteiger partial charge < -0.3 is 35.6 Å². The Kier molecular flexibility index (Phi) is 9.62. The van der Waals surface area contributed by atoms with Gasteiger partial charge in [-0.05, 0) is 55.5 Å². The van der Waals surface area contributed by atoms with Crippen molar-refractivity contribution < 1.29 is 32.9 Å². The van der Waals surface area contributed by atoms with Gasteiger partial charge in [-0.2, -0.15) is 13.2 Å². The molecule has 0 saturated heterocycles. The maximum atomic E-state index is 12.5. The van der Waals surface area contributed by atoms with Crippen LogP contribution in [0.3, 0.4) is 0 Å². The van der Waals surface area contributed by atoms with Crippen molar-refractivity contribution in [3.05, 3.63) is 53.1 Å². The Labute approximate surface area is 203 Å². The fraction of sp³-hybridized carbons (Fsp3) is 0.520. The van der Waals surface area contributed by atoms with E-state index in [1.165, 1.54) is 6.07 Å². The number of benzene rings is 2. The van der Waals surface area contributed by atoms with E-state index in [4.69, 9.17) is 20.3 Å². The molecule has 1 aliphatic rings. The van der Waals surface area contributed by atoms with E-state index >= 15 is 0 Å². The minimum absolute atomic E-state index is 0.0527. The zero-order valence-electron chi connectivity index (χ0n) is 19.9. The number of nitrogens with one attached hydrogen (secondary N) is 1. The van der Waals surface area contributed by atoms with Crippen molar-refractivity contribution in [2.45, 2.75) is 44.6 Å². The monoisotopic (exact) mass is 497 g/mol. The van der Waals surface area contributed by atoms with Crippen molar-refractivity contribution in [2.75, 3.05) is 44.4 Å². The van der Waals surface area contributed by atoms with Gasteiger partial charge in [-0.3, -0.25) is 0 Å². The van der Waals surface area contributed by atoms with Crippen LogP contribution < -0.4 is 25.4 Å². The summed E-state index contributed by atoms with van der Waals surface area (Å²) in [5, 5.41) is 22.7. The van der Waals surface area contributed by atoms with Crippen LogP contribution in [-0.4, -0.2) is 61.9 Å². The van der Waals surface area contributed by atoms with Crippen molar-refractivity contribution in [2.24, 2.45) is 5.73 Å². The van der Waals surface area contributed by atoms with E-state index in [1.807, 2.05) is 13.0 Å². The van der Waals surface area contributed by atoms with Crippen molar-refractivity contribution in [3.8, 4) is 11.5 Å². The summed E-state index contributed by atoms with van der Waals surface area (Å²) in [6, 6.07) is 10.4. The zero-order chi connectivity index (χ0) is 25.4. The number of ether oxygens (including phenoxy) is 2. The molecule has 10 heteroatoms. The lowest BCUT2D eigenvalue weighted by Gasteiger charge is -2.24. The molecule has 0 aliphatic carbocycles. The number of nitrogens with zero attached hydrogens (tertiary/aromatic N) is 1. The van der Waals surface area contributed by atoms with E-state index < -0.39 is 19.0 Å². The summed E-state index contributed by atoms with van der Waals surface area (Å²) in [4.78, 5) is 2.16. The van der Waals surface area contributed by atoms with E-state index in [9.17, 15) is 18.3 Å². The van der Waals surface area contributed by atoms with Crippen LogP contribution >= 0.6 is 0 Å². The van der Waals surface area contributed by atoms with Gasteiger partial charge in [-0.1, -0.05) is 18.2 Å². The molecule has 7 nitrogen and oxygen atoms in total. The number of nitrogens with two attached hydrogens (primary N) is 1. The average molecular weight is 498 g/mol. The molecular weight excluding hydrogens is 463 g/mol. The molecular formula is C25H34F3N3O4. The molecule has 3 rings (SSSR count). The van der Waals surface area contributed by atoms with Crippen molar-refractivity contribution in [1.29, 1.82) is 0 Å². The number of aliphatic hydroxyl groups is 2. The zero-order valence-corrected chi connectivity index (χ0v) is 19.9. The fourth-order valence-electron chi connectivity index (χ4n) is 4.30. The Morgan fingerprint density at radius 1 is 1.17 bits per heavy atom. The molecule has 1 aliphatic heterocycles. The number of hydrogen-bond donors (Lipinski definition) is 4. The van der Waals surface area contributed by atoms with Crippen molar-refractivity contribution in [3.63, 3.8) is 0 Å². The maximum absolute atomic E-state index is 12.5. The largest absolute Gasteiger partial charge is 0.488 e. The summed E-state index contributed by atoms with van der Waals surface area (Å²) >= 11 is 0. The lowest BCUT2D eigenvalue weighted by Crippen LogP contribution is -2.32. The predicted octanol–water partition coefficient (Wildman–Crippen LogP) is 2.92. The first-order valence-electron chi connectivity index (χ1n) is 11.8. The number of anilines is 1. The van der Waals surface area contributed by atoms with Gasteiger partial charge in [0.2, 0.25) is 0 Å². The Balaban J connectivity index is 1.53. The van der Waals surface area contributed by atoms with Gasteiger partial charge >= 0.3 is 6.18 Å². The molecule has 1 unspecified atom stereocenters. The molecule has 0 saturated carbocycles. The summed E-state index contributed by atoms with van der Waals surface area (Å²) in [6.45, 7) is 3.06. The number of alkyl halides is 3. The van der Waals surface area contributed by atoms with Crippen LogP contribution in [0, 0.1) is 0 Å². The van der Waals surface area contributed by atoms with Gasteiger partial charge in [0.05, 0.1) is 0 Å². The van der Waals surface area contributed by atoms with Gasteiger partial charge in [0, 0.05) is 43.5 Å². The minimum Gasteiger partial charge on any atom is -0.488 e. The molecule has 35 heavy (non-hydrogen) atoms. The molecule has 0 amide bonds. The molecule has 5 N–H and O–H groups in total. The first-order valence-corrected chi connectivity index (χ1v) is 11.8. The molecule has 0 spiro atoms. The highest BCUT2D eigenvalue weighted by atomic mass is 19.4. The summed E-state index contributed by atoms with van der Waals surface area (Å²) in [5.41, 5.74) is 9.73. The van der Waals surface area contributed by atoms with E-state index in [2.05, 4.69) is 16.3 Å². The third-order valence-corrected chi connectivity index (χ3v) is 5.79. The summed E-state index contributed by atoms with van der Waals surface area (Å²) in [6.07, 6.45) is -3.29. The van der Waals surface area contributed by atoms with Crippen LogP contribution in [0.1, 0.15) is 36.3 Å². The average Bonchev–Trinajstić information content (AvgIpc) is 3.21. The topological polar surface area (TPSA) is 100 Å². The fourth-order valence-corrected chi connectivity index (χ4v) is 4.30. The lowest BCUT2D eigenvalue weighted by atomic mass is 9.97. The highest BCUT2D eigenvalue weighted by Crippen LogP contribution is 2.36. The SMILES string of the molecule is C[C@H](Cc1cc2c(c(C(N)O)c1)N(CCCO)CC2)NCCOc1ccccc1OCC(F)(F)F. The van der Waals surface area contributed by atoms with Gasteiger partial charge in [-0.15, -0.1) is 0 Å². The second-order valence-corrected chi connectivity index (χ2v) is 8.71. The number of fused-ring (bicyclic) bond motifs is 1. The number of aliphatic hydroxyl groups excluding tert-OH is 2. The number of hydrogen-bond acceptors (Lipinski definition) is 7. The standard InChI is InChI=1S/C25H34F3N3O4/c1-17(30-8-12-34-21-5-2-3-6-22(21)35-16-25(26,27)28)13-18-14-19-7-10-31(9-4-11-32)23(19)20(15-18)24(29)33/h2-3,5-6,14-15,17,24,30,32-33H,4,7-13,16,29H2,1H3/t17-,24?/m1/s1. The van der Waals surface area contributed by atoms with E-state index in [-0.39, 0.29) is 30.8 Å². The van der Waals surface area contributed by atoms with Crippen LogP contribution in [-0.2, 0) is 12.8 Å². The van der Waals surface area contributed by atoms with E-state index in [1.54, 1.807) is 18.2 Å². The first-order chi connectivity index (χ1) is 16.7. The Hall–Kier alpha value is -2.53. The molecule has 1 heterocycles. The van der Waals surface area contributed by atoms with Gasteiger partial charge in [0.1, 0.15) is 12.8 Å². The molecule has 2 aromatic carbocycles. The summed E-state index contributed by atoms with van der Waals surface area (Å²) < 4.78 is 47.8. The Bertz CT molecular complexity index is 956. The molecule has 2 aromatic rings. The number of halogens is 3. The molecule has 0 aromatic heterocycles. The number of rotatable bonds is 13. The number of para-hydroxylation sites is 2. The smallest absolute Gasteiger partial charge is 0.422 e. The highest BCUT2D eigenvalue weighted by Gasteiger charge is 2.29. The highest BCUT2D eigenvalue weighted by molar-refractivity contribution is 5.65. The van der Waals surface area contributed by atoms with Crippen LogP contribution in [0.5, 0.6) is 11.5 Å². The molecule has 0 fully saturated rings. The van der Waals surface area contributed by atoms with Crippen LogP contribution in [0.15, 0.2) is 36.4 Å². The Morgan fingerprint density at radius 3 is 2.54 bits per heavy atom. The Morgan fingerprint density at radius 2 is 1.89 bits per heavy atom. The quantitative estimate of drug-likeness (QED) is 0.249. The van der Waals surface area contributed by atoms with Gasteiger partial charge in [0.25, 0.3) is 0 Å².